The molecule has 2 aromatic rings. The minimum Gasteiger partial charge on any atom is -0.493 e. The summed E-state index contributed by atoms with van der Waals surface area (Å²) in [7, 11) is 0. The highest BCUT2D eigenvalue weighted by atomic mass is 16.5. The Bertz CT molecular complexity index is 661. The fourth-order valence-electron chi connectivity index (χ4n) is 2.74. The normalized spacial score (nSPS) is 12.5. The van der Waals surface area contributed by atoms with Crippen LogP contribution in [-0.2, 0) is 12.8 Å². The lowest BCUT2D eigenvalue weighted by Gasteiger charge is -2.14. The van der Waals surface area contributed by atoms with Gasteiger partial charge in [-0.15, -0.1) is 0 Å². The Labute approximate surface area is 140 Å². The average Bonchev–Trinajstić information content (AvgIpc) is 2.60. The molecule has 0 N–H and O–H groups in total. The maximum atomic E-state index is 5.66. The van der Waals surface area contributed by atoms with Crippen LogP contribution in [0.15, 0.2) is 47.5 Å². The van der Waals surface area contributed by atoms with E-state index in [1.54, 1.807) is 0 Å². The minimum absolute atomic E-state index is 0.144. The fourth-order valence-corrected chi connectivity index (χ4v) is 2.74. The first kappa shape index (κ1) is 17.3. The lowest BCUT2D eigenvalue weighted by Crippen LogP contribution is -2.00. The van der Waals surface area contributed by atoms with E-state index in [-0.39, 0.29) is 6.04 Å². The van der Waals surface area contributed by atoms with Gasteiger partial charge in [0.05, 0.1) is 12.6 Å². The van der Waals surface area contributed by atoms with Gasteiger partial charge in [-0.25, -0.2) is 0 Å². The smallest absolute Gasteiger partial charge is 0.128 e. The number of aryl methyl sites for hydroxylation is 2. The van der Waals surface area contributed by atoms with Gasteiger partial charge in [0.15, 0.2) is 0 Å². The van der Waals surface area contributed by atoms with Gasteiger partial charge in [0.25, 0.3) is 0 Å². The lowest BCUT2D eigenvalue weighted by atomic mass is 9.96. The molecule has 0 fully saturated rings. The maximum absolute atomic E-state index is 5.66. The molecular weight excluding hydrogens is 282 g/mol. The number of nitrogens with zero attached hydrogens (tertiary/aromatic N) is 1. The molecule has 1 unspecified atom stereocenters. The van der Waals surface area contributed by atoms with Crippen molar-refractivity contribution in [2.75, 3.05) is 6.61 Å². The first-order valence-electron chi connectivity index (χ1n) is 8.56. The van der Waals surface area contributed by atoms with Crippen molar-refractivity contribution in [1.82, 2.24) is 0 Å². The zero-order valence-electron chi connectivity index (χ0n) is 14.7. The van der Waals surface area contributed by atoms with Crippen LogP contribution in [0.3, 0.4) is 0 Å². The molecule has 0 aliphatic rings. The van der Waals surface area contributed by atoms with E-state index >= 15 is 0 Å². The Hall–Kier alpha value is -2.09. The first-order valence-corrected chi connectivity index (χ1v) is 8.56. The Morgan fingerprint density at radius 2 is 1.83 bits per heavy atom. The number of ether oxygens (including phenoxy) is 1. The molecule has 2 rings (SSSR count). The molecule has 0 saturated heterocycles. The molecule has 2 heteroatoms. The van der Waals surface area contributed by atoms with Crippen LogP contribution in [0.1, 0.15) is 56.0 Å². The van der Waals surface area contributed by atoms with E-state index in [0.717, 1.165) is 24.2 Å². The van der Waals surface area contributed by atoms with Crippen LogP contribution in [-0.4, -0.2) is 12.8 Å². The number of para-hydroxylation sites is 1. The van der Waals surface area contributed by atoms with Crippen LogP contribution in [0, 0.1) is 0 Å². The zero-order valence-corrected chi connectivity index (χ0v) is 14.7. The van der Waals surface area contributed by atoms with Crippen LogP contribution >= 0.6 is 0 Å². The van der Waals surface area contributed by atoms with Crippen molar-refractivity contribution in [1.29, 1.82) is 0 Å². The van der Waals surface area contributed by atoms with Crippen LogP contribution in [0.5, 0.6) is 5.75 Å². The van der Waals surface area contributed by atoms with Gasteiger partial charge in [-0.3, -0.25) is 4.99 Å². The van der Waals surface area contributed by atoms with Gasteiger partial charge in [-0.05, 0) is 55.5 Å². The van der Waals surface area contributed by atoms with E-state index in [1.807, 2.05) is 37.4 Å². The predicted molar refractivity (Wildman–Crippen MR) is 98.8 cm³/mol. The molecule has 23 heavy (non-hydrogen) atoms. The molecule has 0 bridgehead atoms. The second-order valence-corrected chi connectivity index (χ2v) is 5.67. The van der Waals surface area contributed by atoms with Crippen molar-refractivity contribution in [3.05, 3.63) is 64.7 Å². The van der Waals surface area contributed by atoms with Crippen LogP contribution < -0.4 is 4.74 Å². The van der Waals surface area contributed by atoms with Crippen molar-refractivity contribution in [3.8, 4) is 5.75 Å². The van der Waals surface area contributed by atoms with E-state index in [4.69, 9.17) is 9.73 Å². The number of rotatable bonds is 7. The molecule has 0 radical (unpaired) electrons. The van der Waals surface area contributed by atoms with Crippen molar-refractivity contribution < 1.29 is 4.74 Å². The first-order chi connectivity index (χ1) is 11.2. The van der Waals surface area contributed by atoms with Crippen molar-refractivity contribution in [2.45, 2.75) is 46.6 Å². The molecule has 0 aromatic heterocycles. The number of aliphatic imine (C=N–C) groups is 1. The summed E-state index contributed by atoms with van der Waals surface area (Å²) >= 11 is 0. The molecule has 1 atom stereocenters. The standard InChI is InChI=1S/C21H27NO/c1-5-17-12-13-20(18(6-2)14-17)16(4)22-15-19-10-8-9-11-21(19)23-7-3/h8-16H,5-7H2,1-4H3/b22-15+. The summed E-state index contributed by atoms with van der Waals surface area (Å²) in [5.41, 5.74) is 5.13. The SMILES string of the molecule is CCOc1ccccc1/C=N/C(C)c1ccc(CC)cc1CC. The van der Waals surface area contributed by atoms with Crippen LogP contribution in [0.2, 0.25) is 0 Å². The summed E-state index contributed by atoms with van der Waals surface area (Å²) in [6.07, 6.45) is 4.05. The topological polar surface area (TPSA) is 21.6 Å². The summed E-state index contributed by atoms with van der Waals surface area (Å²) in [6, 6.07) is 14.9. The number of benzene rings is 2. The molecule has 0 spiro atoms. The fraction of sp³-hybridized carbons (Fsp3) is 0.381. The second kappa shape index (κ2) is 8.52. The summed E-state index contributed by atoms with van der Waals surface area (Å²) in [4.78, 5) is 4.77. The van der Waals surface area contributed by atoms with Crippen LogP contribution in [0.4, 0.5) is 0 Å². The second-order valence-electron chi connectivity index (χ2n) is 5.67. The van der Waals surface area contributed by atoms with E-state index in [9.17, 15) is 0 Å². The monoisotopic (exact) mass is 309 g/mol. The Kier molecular flexibility index (Phi) is 6.40. The third-order valence-electron chi connectivity index (χ3n) is 4.10. The molecule has 122 valence electrons. The molecule has 2 aromatic carbocycles. The van der Waals surface area contributed by atoms with Crippen LogP contribution in [0.25, 0.3) is 0 Å². The van der Waals surface area contributed by atoms with Gasteiger partial charge in [0.2, 0.25) is 0 Å². The number of hydrogen-bond acceptors (Lipinski definition) is 2. The predicted octanol–water partition coefficient (Wildman–Crippen LogP) is 5.39. The van der Waals surface area contributed by atoms with Gasteiger partial charge in [-0.2, -0.15) is 0 Å². The summed E-state index contributed by atoms with van der Waals surface area (Å²) in [5, 5.41) is 0. The van der Waals surface area contributed by atoms with Crippen molar-refractivity contribution in [3.63, 3.8) is 0 Å². The van der Waals surface area contributed by atoms with Gasteiger partial charge in [0.1, 0.15) is 5.75 Å². The molecular formula is C21H27NO. The maximum Gasteiger partial charge on any atom is 0.128 e. The Balaban J connectivity index is 2.23. The highest BCUT2D eigenvalue weighted by Crippen LogP contribution is 2.24. The highest BCUT2D eigenvalue weighted by molar-refractivity contribution is 5.83. The third kappa shape index (κ3) is 4.44. The highest BCUT2D eigenvalue weighted by Gasteiger charge is 2.09. The third-order valence-corrected chi connectivity index (χ3v) is 4.10. The minimum atomic E-state index is 0.144. The Morgan fingerprint density at radius 3 is 2.52 bits per heavy atom. The average molecular weight is 309 g/mol. The van der Waals surface area contributed by atoms with Gasteiger partial charge >= 0.3 is 0 Å². The molecule has 0 aliphatic carbocycles. The molecule has 2 nitrogen and oxygen atoms in total. The van der Waals surface area contributed by atoms with Gasteiger partial charge < -0.3 is 4.74 Å². The van der Waals surface area contributed by atoms with Crippen molar-refractivity contribution in [2.24, 2.45) is 4.99 Å². The van der Waals surface area contributed by atoms with E-state index in [1.165, 1.54) is 16.7 Å². The molecule has 0 amide bonds. The summed E-state index contributed by atoms with van der Waals surface area (Å²) in [6.45, 7) is 9.22. The zero-order chi connectivity index (χ0) is 16.7. The quantitative estimate of drug-likeness (QED) is 0.628. The van der Waals surface area contributed by atoms with E-state index in [0.29, 0.717) is 6.61 Å². The lowest BCUT2D eigenvalue weighted by molar-refractivity contribution is 0.340. The largest absolute Gasteiger partial charge is 0.493 e. The van der Waals surface area contributed by atoms with Gasteiger partial charge in [-0.1, -0.05) is 44.2 Å². The molecule has 0 heterocycles. The summed E-state index contributed by atoms with van der Waals surface area (Å²) in [5.74, 6) is 0.892. The van der Waals surface area contributed by atoms with Crippen molar-refractivity contribution >= 4 is 6.21 Å². The molecule has 0 saturated carbocycles. The van der Waals surface area contributed by atoms with E-state index in [2.05, 4.69) is 39.0 Å². The molecule has 0 aliphatic heterocycles. The van der Waals surface area contributed by atoms with E-state index < -0.39 is 0 Å². The number of hydrogen-bond donors (Lipinski definition) is 0. The Morgan fingerprint density at radius 1 is 1.04 bits per heavy atom. The van der Waals surface area contributed by atoms with Gasteiger partial charge in [0, 0.05) is 11.8 Å². The summed E-state index contributed by atoms with van der Waals surface area (Å²) < 4.78 is 5.66.